The number of hydrogen-bond acceptors (Lipinski definition) is 5. The van der Waals surface area contributed by atoms with Crippen LogP contribution in [-0.4, -0.2) is 61.8 Å². The van der Waals surface area contributed by atoms with Crippen LogP contribution in [0.4, 0.5) is 4.39 Å². The van der Waals surface area contributed by atoms with Crippen molar-refractivity contribution in [2.24, 2.45) is 0 Å². The number of benzene rings is 1. The first-order valence-corrected chi connectivity index (χ1v) is 9.79. The average molecular weight is 370 g/mol. The van der Waals surface area contributed by atoms with Crippen LogP contribution in [0.1, 0.15) is 18.9 Å². The molecular weight excluding hydrogens is 347 g/mol. The third-order valence-corrected chi connectivity index (χ3v) is 6.60. The van der Waals surface area contributed by atoms with Crippen molar-refractivity contribution in [2.45, 2.75) is 37.2 Å². The molecule has 2 atom stereocenters. The first-order valence-electron chi connectivity index (χ1n) is 8.35. The van der Waals surface area contributed by atoms with Gasteiger partial charge in [-0.2, -0.15) is 4.31 Å². The van der Waals surface area contributed by atoms with Crippen molar-refractivity contribution in [3.8, 4) is 0 Å². The molecule has 0 aliphatic carbocycles. The van der Waals surface area contributed by atoms with E-state index in [1.54, 1.807) is 4.90 Å². The summed E-state index contributed by atoms with van der Waals surface area (Å²) in [6.45, 7) is 4.71. The van der Waals surface area contributed by atoms with Crippen molar-refractivity contribution in [2.75, 3.05) is 26.2 Å². The number of amides is 1. The predicted molar refractivity (Wildman–Crippen MR) is 90.6 cm³/mol. The fourth-order valence-corrected chi connectivity index (χ4v) is 4.68. The molecule has 0 spiro atoms. The molecule has 25 heavy (non-hydrogen) atoms. The highest BCUT2D eigenvalue weighted by Crippen LogP contribution is 2.20. The van der Waals surface area contributed by atoms with E-state index in [9.17, 15) is 17.6 Å². The van der Waals surface area contributed by atoms with Crippen LogP contribution in [0, 0.1) is 12.7 Å². The van der Waals surface area contributed by atoms with Crippen LogP contribution >= 0.6 is 0 Å². The second-order valence-electron chi connectivity index (χ2n) is 6.62. The molecule has 1 aromatic carbocycles. The van der Waals surface area contributed by atoms with Gasteiger partial charge >= 0.3 is 0 Å². The standard InChI is InChI=1S/C16H23FN4O3S/c1-11-9-13(3-4-14(11)17)25(23,24)21-7-5-20(6-8-21)16(22)15-10-12(2)18-19-15/h3-4,9,12,15,18-19H,5-8,10H2,1-2H3. The second-order valence-corrected chi connectivity index (χ2v) is 8.56. The first kappa shape index (κ1) is 18.2. The van der Waals surface area contributed by atoms with Gasteiger partial charge in [-0.25, -0.2) is 18.2 Å². The molecule has 138 valence electrons. The highest BCUT2D eigenvalue weighted by atomic mass is 32.2. The van der Waals surface area contributed by atoms with Crippen LogP contribution in [-0.2, 0) is 14.8 Å². The van der Waals surface area contributed by atoms with Gasteiger partial charge in [-0.1, -0.05) is 0 Å². The quantitative estimate of drug-likeness (QED) is 0.796. The van der Waals surface area contributed by atoms with Crippen LogP contribution in [0.2, 0.25) is 0 Å². The number of nitrogens with one attached hydrogen (secondary N) is 2. The molecule has 3 rings (SSSR count). The Balaban J connectivity index is 1.65. The molecule has 2 heterocycles. The molecule has 0 saturated carbocycles. The Morgan fingerprint density at radius 1 is 1.20 bits per heavy atom. The molecule has 2 aliphatic rings. The summed E-state index contributed by atoms with van der Waals surface area (Å²) in [6, 6.07) is 3.76. The fraction of sp³-hybridized carbons (Fsp3) is 0.562. The van der Waals surface area contributed by atoms with E-state index in [4.69, 9.17) is 0 Å². The van der Waals surface area contributed by atoms with Crippen LogP contribution < -0.4 is 10.9 Å². The van der Waals surface area contributed by atoms with Gasteiger partial charge in [-0.3, -0.25) is 10.2 Å². The van der Waals surface area contributed by atoms with Gasteiger partial charge in [-0.15, -0.1) is 0 Å². The Kier molecular flexibility index (Phi) is 5.10. The molecule has 0 radical (unpaired) electrons. The van der Waals surface area contributed by atoms with Crippen molar-refractivity contribution in [3.05, 3.63) is 29.6 Å². The number of sulfonamides is 1. The molecule has 2 N–H and O–H groups in total. The monoisotopic (exact) mass is 370 g/mol. The van der Waals surface area contributed by atoms with E-state index in [0.29, 0.717) is 25.1 Å². The van der Waals surface area contributed by atoms with Gasteiger partial charge in [0.15, 0.2) is 0 Å². The molecular formula is C16H23FN4O3S. The number of carbonyl (C=O) groups excluding carboxylic acids is 1. The summed E-state index contributed by atoms with van der Waals surface area (Å²) in [6.07, 6.45) is 0.714. The summed E-state index contributed by atoms with van der Waals surface area (Å²) in [5.41, 5.74) is 6.29. The average Bonchev–Trinajstić information content (AvgIpc) is 3.03. The van der Waals surface area contributed by atoms with E-state index in [2.05, 4.69) is 10.9 Å². The second kappa shape index (κ2) is 6.99. The van der Waals surface area contributed by atoms with E-state index in [1.807, 2.05) is 6.92 Å². The molecule has 1 aromatic rings. The van der Waals surface area contributed by atoms with Crippen molar-refractivity contribution in [3.63, 3.8) is 0 Å². The number of halogens is 1. The van der Waals surface area contributed by atoms with Gasteiger partial charge in [0.05, 0.1) is 4.90 Å². The number of piperazine rings is 1. The Morgan fingerprint density at radius 3 is 2.44 bits per heavy atom. The largest absolute Gasteiger partial charge is 0.339 e. The Hall–Kier alpha value is -1.55. The number of nitrogens with zero attached hydrogens (tertiary/aromatic N) is 2. The fourth-order valence-electron chi connectivity index (χ4n) is 3.17. The smallest absolute Gasteiger partial charge is 0.243 e. The number of rotatable bonds is 3. The normalized spacial score (nSPS) is 25.3. The lowest BCUT2D eigenvalue weighted by molar-refractivity contribution is -0.134. The third-order valence-electron chi connectivity index (χ3n) is 4.71. The summed E-state index contributed by atoms with van der Waals surface area (Å²) < 4.78 is 40.1. The number of aryl methyl sites for hydroxylation is 1. The van der Waals surface area contributed by atoms with Crippen molar-refractivity contribution >= 4 is 15.9 Å². The first-order chi connectivity index (χ1) is 11.8. The minimum Gasteiger partial charge on any atom is -0.339 e. The van der Waals surface area contributed by atoms with Crippen molar-refractivity contribution in [1.29, 1.82) is 0 Å². The molecule has 1 amide bonds. The molecule has 2 fully saturated rings. The minimum atomic E-state index is -3.68. The highest BCUT2D eigenvalue weighted by molar-refractivity contribution is 7.89. The maximum absolute atomic E-state index is 13.4. The Morgan fingerprint density at radius 2 is 1.88 bits per heavy atom. The summed E-state index contributed by atoms with van der Waals surface area (Å²) in [4.78, 5) is 14.2. The summed E-state index contributed by atoms with van der Waals surface area (Å²) in [5.74, 6) is -0.437. The lowest BCUT2D eigenvalue weighted by atomic mass is 10.1. The van der Waals surface area contributed by atoms with E-state index >= 15 is 0 Å². The van der Waals surface area contributed by atoms with Gasteiger partial charge in [0, 0.05) is 32.2 Å². The zero-order valence-corrected chi connectivity index (χ0v) is 15.1. The summed E-state index contributed by atoms with van der Waals surface area (Å²) in [5, 5.41) is 0. The van der Waals surface area contributed by atoms with E-state index in [0.717, 1.165) is 0 Å². The maximum Gasteiger partial charge on any atom is 0.243 e. The topological polar surface area (TPSA) is 81.8 Å². The van der Waals surface area contributed by atoms with Gasteiger partial charge in [0.25, 0.3) is 0 Å². The van der Waals surface area contributed by atoms with E-state index < -0.39 is 15.8 Å². The van der Waals surface area contributed by atoms with Gasteiger partial charge < -0.3 is 4.90 Å². The SMILES string of the molecule is Cc1cc(S(=O)(=O)N2CCN(C(=O)C3CC(C)NN3)CC2)ccc1F. The Bertz CT molecular complexity index is 763. The van der Waals surface area contributed by atoms with Gasteiger partial charge in [0.1, 0.15) is 11.9 Å². The van der Waals surface area contributed by atoms with Crippen LogP contribution in [0.25, 0.3) is 0 Å². The number of hydrazine groups is 1. The van der Waals surface area contributed by atoms with Gasteiger partial charge in [-0.05, 0) is 44.0 Å². The summed E-state index contributed by atoms with van der Waals surface area (Å²) >= 11 is 0. The predicted octanol–water partition coefficient (Wildman–Crippen LogP) is 0.222. The molecule has 7 nitrogen and oxygen atoms in total. The van der Waals surface area contributed by atoms with E-state index in [-0.39, 0.29) is 36.0 Å². The van der Waals surface area contributed by atoms with E-state index in [1.165, 1.54) is 29.4 Å². The number of carbonyl (C=O) groups is 1. The molecule has 2 unspecified atom stereocenters. The molecule has 2 saturated heterocycles. The molecule has 9 heteroatoms. The van der Waals surface area contributed by atoms with Crippen molar-refractivity contribution in [1.82, 2.24) is 20.1 Å². The summed E-state index contributed by atoms with van der Waals surface area (Å²) in [7, 11) is -3.68. The minimum absolute atomic E-state index is 0.00785. The molecule has 2 aliphatic heterocycles. The van der Waals surface area contributed by atoms with Crippen LogP contribution in [0.3, 0.4) is 0 Å². The van der Waals surface area contributed by atoms with Crippen LogP contribution in [0.15, 0.2) is 23.1 Å². The Labute approximate surface area is 147 Å². The van der Waals surface area contributed by atoms with Crippen molar-refractivity contribution < 1.29 is 17.6 Å². The highest BCUT2D eigenvalue weighted by Gasteiger charge is 2.34. The van der Waals surface area contributed by atoms with Gasteiger partial charge in [0.2, 0.25) is 15.9 Å². The lowest BCUT2D eigenvalue weighted by Gasteiger charge is -2.35. The zero-order chi connectivity index (χ0) is 18.2. The molecule has 0 bridgehead atoms. The molecule has 0 aromatic heterocycles. The number of hydrogen-bond donors (Lipinski definition) is 2. The zero-order valence-electron chi connectivity index (χ0n) is 14.3. The lowest BCUT2D eigenvalue weighted by Crippen LogP contribution is -2.54. The maximum atomic E-state index is 13.4. The third kappa shape index (κ3) is 3.69. The van der Waals surface area contributed by atoms with Crippen LogP contribution in [0.5, 0.6) is 0 Å².